The Morgan fingerprint density at radius 1 is 1.24 bits per heavy atom. The van der Waals surface area contributed by atoms with Crippen molar-refractivity contribution >= 4 is 22.8 Å². The Labute approximate surface area is 123 Å². The van der Waals surface area contributed by atoms with E-state index in [1.165, 1.54) is 25.8 Å². The van der Waals surface area contributed by atoms with Crippen LogP contribution in [0, 0.1) is 6.92 Å². The van der Waals surface area contributed by atoms with Gasteiger partial charge in [-0.1, -0.05) is 18.2 Å². The van der Waals surface area contributed by atoms with Crippen molar-refractivity contribution in [1.82, 2.24) is 9.88 Å². The SMILES string of the molecule is Cc1cc(C(=O)N(C)C(C)(C)C(=O)O)c2ccccc2n1. The zero-order valence-corrected chi connectivity index (χ0v) is 12.5. The molecular weight excluding hydrogens is 268 g/mol. The van der Waals surface area contributed by atoms with E-state index in [0.29, 0.717) is 5.56 Å². The van der Waals surface area contributed by atoms with Crippen LogP contribution in [0.3, 0.4) is 0 Å². The van der Waals surface area contributed by atoms with E-state index in [-0.39, 0.29) is 5.91 Å². The molecule has 1 N–H and O–H groups in total. The molecule has 2 rings (SSSR count). The van der Waals surface area contributed by atoms with Gasteiger partial charge in [0.15, 0.2) is 0 Å². The number of carboxylic acids is 1. The van der Waals surface area contributed by atoms with E-state index in [9.17, 15) is 14.7 Å². The van der Waals surface area contributed by atoms with E-state index in [4.69, 9.17) is 0 Å². The van der Waals surface area contributed by atoms with E-state index in [1.54, 1.807) is 6.07 Å². The third kappa shape index (κ3) is 2.59. The number of hydrogen-bond donors (Lipinski definition) is 1. The number of para-hydroxylation sites is 1. The van der Waals surface area contributed by atoms with Crippen molar-refractivity contribution in [3.05, 3.63) is 41.6 Å². The minimum absolute atomic E-state index is 0.330. The van der Waals surface area contributed by atoms with Crippen molar-refractivity contribution in [2.75, 3.05) is 7.05 Å². The zero-order chi connectivity index (χ0) is 15.8. The largest absolute Gasteiger partial charge is 0.480 e. The highest BCUT2D eigenvalue weighted by Gasteiger charge is 2.36. The molecule has 0 fully saturated rings. The number of carbonyl (C=O) groups is 2. The molecule has 0 radical (unpaired) electrons. The molecule has 1 amide bonds. The number of aliphatic carboxylic acids is 1. The van der Waals surface area contributed by atoms with Crippen LogP contribution in [0.15, 0.2) is 30.3 Å². The van der Waals surface area contributed by atoms with Gasteiger partial charge in [0, 0.05) is 18.1 Å². The molecule has 1 aromatic carbocycles. The van der Waals surface area contributed by atoms with Gasteiger partial charge in [-0.25, -0.2) is 4.79 Å². The fourth-order valence-corrected chi connectivity index (χ4v) is 2.06. The molecule has 0 unspecified atom stereocenters. The van der Waals surface area contributed by atoms with Crippen LogP contribution in [0.5, 0.6) is 0 Å². The highest BCUT2D eigenvalue weighted by Crippen LogP contribution is 2.23. The van der Waals surface area contributed by atoms with Crippen molar-refractivity contribution < 1.29 is 14.7 Å². The van der Waals surface area contributed by atoms with Crippen molar-refractivity contribution in [3.8, 4) is 0 Å². The Morgan fingerprint density at radius 2 is 1.86 bits per heavy atom. The Balaban J connectivity index is 2.56. The zero-order valence-electron chi connectivity index (χ0n) is 12.5. The van der Waals surface area contributed by atoms with Crippen molar-refractivity contribution in [1.29, 1.82) is 0 Å². The summed E-state index contributed by atoms with van der Waals surface area (Å²) >= 11 is 0. The van der Waals surface area contributed by atoms with Crippen molar-refractivity contribution in [2.45, 2.75) is 26.3 Å². The number of nitrogens with zero attached hydrogens (tertiary/aromatic N) is 2. The maximum Gasteiger partial charge on any atom is 0.329 e. The predicted molar refractivity (Wildman–Crippen MR) is 80.3 cm³/mol. The lowest BCUT2D eigenvalue weighted by molar-refractivity contribution is -0.147. The van der Waals surface area contributed by atoms with E-state index in [1.807, 2.05) is 31.2 Å². The summed E-state index contributed by atoms with van der Waals surface area (Å²) < 4.78 is 0. The summed E-state index contributed by atoms with van der Waals surface area (Å²) in [6, 6.07) is 9.03. The molecule has 5 nitrogen and oxygen atoms in total. The van der Waals surface area contributed by atoms with E-state index < -0.39 is 11.5 Å². The lowest BCUT2D eigenvalue weighted by Gasteiger charge is -2.31. The van der Waals surface area contributed by atoms with E-state index >= 15 is 0 Å². The van der Waals surface area contributed by atoms with Crippen LogP contribution < -0.4 is 0 Å². The standard InChI is InChI=1S/C16H18N2O3/c1-10-9-12(11-7-5-6-8-13(11)17-10)14(19)18(4)16(2,3)15(20)21/h5-9H,1-4H3,(H,20,21). The van der Waals surface area contributed by atoms with Crippen LogP contribution in [-0.4, -0.2) is 39.5 Å². The van der Waals surface area contributed by atoms with Crippen LogP contribution in [0.25, 0.3) is 10.9 Å². The summed E-state index contributed by atoms with van der Waals surface area (Å²) in [5.74, 6) is -1.38. The summed E-state index contributed by atoms with van der Waals surface area (Å²) in [5.41, 5.74) is 0.630. The lowest BCUT2D eigenvalue weighted by Crippen LogP contribution is -2.50. The second-order valence-corrected chi connectivity index (χ2v) is 5.56. The quantitative estimate of drug-likeness (QED) is 0.941. The van der Waals surface area contributed by atoms with Gasteiger partial charge in [-0.05, 0) is 32.9 Å². The first-order valence-electron chi connectivity index (χ1n) is 6.63. The molecule has 110 valence electrons. The Bertz CT molecular complexity index is 723. The number of pyridine rings is 1. The first kappa shape index (κ1) is 15.0. The number of carbonyl (C=O) groups excluding carboxylic acids is 1. The fraction of sp³-hybridized carbons (Fsp3) is 0.312. The number of hydrogen-bond acceptors (Lipinski definition) is 3. The van der Waals surface area contributed by atoms with Crippen LogP contribution in [-0.2, 0) is 4.79 Å². The first-order valence-corrected chi connectivity index (χ1v) is 6.63. The Kier molecular flexibility index (Phi) is 3.68. The molecule has 1 heterocycles. The normalized spacial score (nSPS) is 11.4. The van der Waals surface area contributed by atoms with Crippen LogP contribution in [0.2, 0.25) is 0 Å². The number of amides is 1. The third-order valence-corrected chi connectivity index (χ3v) is 3.74. The highest BCUT2D eigenvalue weighted by atomic mass is 16.4. The molecule has 0 bridgehead atoms. The molecule has 0 aliphatic rings. The molecule has 0 saturated heterocycles. The number of aryl methyl sites for hydroxylation is 1. The van der Waals surface area contributed by atoms with Gasteiger partial charge < -0.3 is 10.0 Å². The molecule has 0 saturated carbocycles. The second-order valence-electron chi connectivity index (χ2n) is 5.56. The predicted octanol–water partition coefficient (Wildman–Crippen LogP) is 2.48. The molecule has 0 aliphatic carbocycles. The van der Waals surface area contributed by atoms with Gasteiger partial charge in [0.2, 0.25) is 0 Å². The van der Waals surface area contributed by atoms with Gasteiger partial charge in [0.05, 0.1) is 11.1 Å². The fourth-order valence-electron chi connectivity index (χ4n) is 2.06. The highest BCUT2D eigenvalue weighted by molar-refractivity contribution is 6.07. The molecule has 0 spiro atoms. The van der Waals surface area contributed by atoms with Gasteiger partial charge in [0.1, 0.15) is 5.54 Å². The van der Waals surface area contributed by atoms with Crippen molar-refractivity contribution in [3.63, 3.8) is 0 Å². The summed E-state index contributed by atoms with van der Waals surface area (Å²) in [7, 11) is 1.50. The van der Waals surface area contributed by atoms with Crippen molar-refractivity contribution in [2.24, 2.45) is 0 Å². The average Bonchev–Trinajstić information content (AvgIpc) is 2.44. The van der Waals surface area contributed by atoms with Gasteiger partial charge in [0.25, 0.3) is 5.91 Å². The van der Waals surface area contributed by atoms with Gasteiger partial charge in [-0.2, -0.15) is 0 Å². The monoisotopic (exact) mass is 286 g/mol. The Hall–Kier alpha value is -2.43. The smallest absolute Gasteiger partial charge is 0.329 e. The number of likely N-dealkylation sites (N-methyl/N-ethyl adjacent to an activating group) is 1. The topological polar surface area (TPSA) is 70.5 Å². The van der Waals surface area contributed by atoms with E-state index in [2.05, 4.69) is 4.98 Å². The molecule has 21 heavy (non-hydrogen) atoms. The minimum atomic E-state index is -1.28. The van der Waals surface area contributed by atoms with Gasteiger partial charge in [-0.3, -0.25) is 9.78 Å². The number of fused-ring (bicyclic) bond motifs is 1. The number of aromatic nitrogens is 1. The van der Waals surface area contributed by atoms with Crippen LogP contribution >= 0.6 is 0 Å². The molecule has 5 heteroatoms. The third-order valence-electron chi connectivity index (χ3n) is 3.74. The average molecular weight is 286 g/mol. The summed E-state index contributed by atoms with van der Waals surface area (Å²) in [5, 5.41) is 9.99. The molecule has 1 aromatic heterocycles. The summed E-state index contributed by atoms with van der Waals surface area (Å²) in [4.78, 5) is 29.7. The number of rotatable bonds is 3. The molecule has 0 aliphatic heterocycles. The maximum absolute atomic E-state index is 12.7. The first-order chi connectivity index (χ1) is 9.75. The minimum Gasteiger partial charge on any atom is -0.480 e. The number of benzene rings is 1. The number of carboxylic acid groups (broad SMARTS) is 1. The molecule has 0 atom stereocenters. The van der Waals surface area contributed by atoms with E-state index in [0.717, 1.165) is 16.6 Å². The maximum atomic E-state index is 12.7. The Morgan fingerprint density at radius 3 is 2.48 bits per heavy atom. The van der Waals surface area contributed by atoms with Crippen LogP contribution in [0.4, 0.5) is 0 Å². The van der Waals surface area contributed by atoms with Gasteiger partial charge >= 0.3 is 5.97 Å². The van der Waals surface area contributed by atoms with Crippen LogP contribution in [0.1, 0.15) is 29.9 Å². The second kappa shape index (κ2) is 5.16. The molecule has 2 aromatic rings. The summed E-state index contributed by atoms with van der Waals surface area (Å²) in [6.45, 7) is 4.82. The molecular formula is C16H18N2O3. The lowest BCUT2D eigenvalue weighted by atomic mass is 10.0. The van der Waals surface area contributed by atoms with Gasteiger partial charge in [-0.15, -0.1) is 0 Å². The summed E-state index contributed by atoms with van der Waals surface area (Å²) in [6.07, 6.45) is 0.